The summed E-state index contributed by atoms with van der Waals surface area (Å²) in [7, 11) is 0. The lowest BCUT2D eigenvalue weighted by molar-refractivity contribution is -0.132. The molecule has 0 aliphatic carbocycles. The van der Waals surface area contributed by atoms with Crippen molar-refractivity contribution < 1.29 is 19.8 Å². The average molecular weight is 473 g/mol. The maximum absolute atomic E-state index is 12.0. The molecule has 0 amide bonds. The molecular weight excluding hydrogens is 448 g/mol. The number of nitrogens with zero attached hydrogens (tertiary/aromatic N) is 2. The number of carboxylic acids is 2. The fourth-order valence-electron chi connectivity index (χ4n) is 3.73. The molecule has 34 heavy (non-hydrogen) atoms. The van der Waals surface area contributed by atoms with Gasteiger partial charge in [0.05, 0.1) is 17.5 Å². The summed E-state index contributed by atoms with van der Waals surface area (Å²) in [5, 5.41) is 20.9. The van der Waals surface area contributed by atoms with Gasteiger partial charge in [-0.3, -0.25) is 0 Å². The third-order valence-corrected chi connectivity index (χ3v) is 6.41. The Kier molecular flexibility index (Phi) is 7.34. The van der Waals surface area contributed by atoms with Gasteiger partial charge in [-0.15, -0.1) is 11.3 Å². The first-order chi connectivity index (χ1) is 16.5. The summed E-state index contributed by atoms with van der Waals surface area (Å²) in [6.45, 7) is 0.460. The maximum Gasteiger partial charge on any atom is 0.335 e. The van der Waals surface area contributed by atoms with Crippen LogP contribution in [0, 0.1) is 0 Å². The van der Waals surface area contributed by atoms with E-state index in [0.717, 1.165) is 22.7 Å². The highest BCUT2D eigenvalue weighted by Crippen LogP contribution is 2.20. The minimum Gasteiger partial charge on any atom is -0.478 e. The molecule has 6 nitrogen and oxygen atoms in total. The van der Waals surface area contributed by atoms with E-state index in [4.69, 9.17) is 0 Å². The summed E-state index contributed by atoms with van der Waals surface area (Å²) in [5.41, 5.74) is 3.33. The SMILES string of the molecule is O=C(O)/C(=C\c1cnc(CCc2ccccc2)n1Cc1ccc(C(=O)O)cc1)Cc1cccs1. The van der Waals surface area contributed by atoms with Crippen molar-refractivity contribution in [3.8, 4) is 0 Å². The van der Waals surface area contributed by atoms with Crippen molar-refractivity contribution in [2.75, 3.05) is 0 Å². The molecule has 172 valence electrons. The Morgan fingerprint density at radius 1 is 0.912 bits per heavy atom. The smallest absolute Gasteiger partial charge is 0.335 e. The lowest BCUT2D eigenvalue weighted by Crippen LogP contribution is -2.10. The van der Waals surface area contributed by atoms with E-state index < -0.39 is 11.9 Å². The van der Waals surface area contributed by atoms with Gasteiger partial charge in [-0.05, 0) is 47.2 Å². The predicted octanol–water partition coefficient (Wildman–Crippen LogP) is 5.19. The van der Waals surface area contributed by atoms with Crippen LogP contribution in [0.3, 0.4) is 0 Å². The fourth-order valence-corrected chi connectivity index (χ4v) is 4.46. The number of carboxylic acid groups (broad SMARTS) is 2. The summed E-state index contributed by atoms with van der Waals surface area (Å²) in [6.07, 6.45) is 5.24. The van der Waals surface area contributed by atoms with Gasteiger partial charge in [-0.1, -0.05) is 48.5 Å². The predicted molar refractivity (Wildman–Crippen MR) is 132 cm³/mol. The lowest BCUT2D eigenvalue weighted by Gasteiger charge is -2.12. The maximum atomic E-state index is 12.0. The summed E-state index contributed by atoms with van der Waals surface area (Å²) in [4.78, 5) is 28.8. The number of benzene rings is 2. The minimum atomic E-state index is -0.971. The first-order valence-corrected chi connectivity index (χ1v) is 11.7. The summed E-state index contributed by atoms with van der Waals surface area (Å²) >= 11 is 1.53. The molecule has 0 spiro atoms. The number of thiophene rings is 1. The molecule has 0 unspecified atom stereocenters. The molecule has 0 fully saturated rings. The standard InChI is InChI=1S/C27H24N2O4S/c30-26(31)21-11-8-20(9-12-21)18-29-23(15-22(27(32)33)16-24-7-4-14-34-24)17-28-25(29)13-10-19-5-2-1-3-6-19/h1-9,11-12,14-15,17H,10,13,16,18H2,(H,30,31)(H,32,33)/b22-15-. The molecule has 0 aliphatic rings. The number of hydrogen-bond acceptors (Lipinski definition) is 4. The molecule has 2 aromatic heterocycles. The van der Waals surface area contributed by atoms with Gasteiger partial charge in [0.2, 0.25) is 0 Å². The Bertz CT molecular complexity index is 1290. The number of aryl methyl sites for hydroxylation is 2. The van der Waals surface area contributed by atoms with E-state index >= 15 is 0 Å². The van der Waals surface area contributed by atoms with Crippen molar-refractivity contribution >= 4 is 29.4 Å². The van der Waals surface area contributed by atoms with Crippen LogP contribution in [0.1, 0.15) is 37.9 Å². The Hall–Kier alpha value is -3.97. The van der Waals surface area contributed by atoms with Crippen molar-refractivity contribution in [3.05, 3.63) is 117 Å². The summed E-state index contributed by atoms with van der Waals surface area (Å²) < 4.78 is 2.01. The van der Waals surface area contributed by atoms with Crippen LogP contribution in [0.4, 0.5) is 0 Å². The van der Waals surface area contributed by atoms with E-state index in [1.54, 1.807) is 36.5 Å². The number of rotatable bonds is 10. The van der Waals surface area contributed by atoms with Crippen LogP contribution in [-0.2, 0) is 30.6 Å². The lowest BCUT2D eigenvalue weighted by atomic mass is 10.1. The van der Waals surface area contributed by atoms with Gasteiger partial charge in [0, 0.05) is 29.8 Å². The molecule has 0 atom stereocenters. The van der Waals surface area contributed by atoms with E-state index in [-0.39, 0.29) is 5.56 Å². The zero-order chi connectivity index (χ0) is 23.9. The largest absolute Gasteiger partial charge is 0.478 e. The van der Waals surface area contributed by atoms with Gasteiger partial charge in [-0.25, -0.2) is 14.6 Å². The molecule has 4 aromatic rings. The Morgan fingerprint density at radius 2 is 1.68 bits per heavy atom. The van der Waals surface area contributed by atoms with Crippen LogP contribution in [0.25, 0.3) is 6.08 Å². The third-order valence-electron chi connectivity index (χ3n) is 5.53. The molecule has 2 N–H and O–H groups in total. The number of imidazole rings is 1. The Balaban J connectivity index is 1.66. The van der Waals surface area contributed by atoms with Gasteiger partial charge in [0.1, 0.15) is 5.82 Å². The second-order valence-electron chi connectivity index (χ2n) is 7.90. The van der Waals surface area contributed by atoms with Crippen LogP contribution in [-0.4, -0.2) is 31.7 Å². The Labute approximate surface area is 201 Å². The monoisotopic (exact) mass is 472 g/mol. The van der Waals surface area contributed by atoms with Crippen molar-refractivity contribution in [2.45, 2.75) is 25.8 Å². The normalized spacial score (nSPS) is 11.5. The number of aromatic carboxylic acids is 1. The molecule has 2 aromatic carbocycles. The highest BCUT2D eigenvalue weighted by Gasteiger charge is 2.15. The zero-order valence-electron chi connectivity index (χ0n) is 18.4. The van der Waals surface area contributed by atoms with Crippen LogP contribution in [0.5, 0.6) is 0 Å². The molecular formula is C27H24N2O4S. The number of hydrogen-bond donors (Lipinski definition) is 2. The first kappa shape index (κ1) is 23.2. The molecule has 2 heterocycles. The molecule has 7 heteroatoms. The Morgan fingerprint density at radius 3 is 2.32 bits per heavy atom. The van der Waals surface area contributed by atoms with Gasteiger partial charge < -0.3 is 14.8 Å². The van der Waals surface area contributed by atoms with Crippen molar-refractivity contribution in [1.29, 1.82) is 0 Å². The molecule has 0 saturated heterocycles. The van der Waals surface area contributed by atoms with E-state index in [1.807, 2.05) is 40.3 Å². The van der Waals surface area contributed by atoms with Gasteiger partial charge >= 0.3 is 11.9 Å². The van der Waals surface area contributed by atoms with E-state index in [1.165, 1.54) is 16.9 Å². The molecule has 0 aliphatic heterocycles. The van der Waals surface area contributed by atoms with Crippen LogP contribution >= 0.6 is 11.3 Å². The summed E-state index contributed by atoms with van der Waals surface area (Å²) in [5.74, 6) is -1.09. The quantitative estimate of drug-likeness (QED) is 0.310. The van der Waals surface area contributed by atoms with Crippen LogP contribution in [0.2, 0.25) is 0 Å². The van der Waals surface area contributed by atoms with Crippen LogP contribution in [0.15, 0.2) is 83.9 Å². The second kappa shape index (κ2) is 10.8. The van der Waals surface area contributed by atoms with E-state index in [0.29, 0.717) is 30.7 Å². The highest BCUT2D eigenvalue weighted by molar-refractivity contribution is 7.09. The third kappa shape index (κ3) is 5.88. The topological polar surface area (TPSA) is 92.4 Å². The first-order valence-electron chi connectivity index (χ1n) is 10.9. The molecule has 4 rings (SSSR count). The second-order valence-corrected chi connectivity index (χ2v) is 8.94. The van der Waals surface area contributed by atoms with Crippen molar-refractivity contribution in [3.63, 3.8) is 0 Å². The summed E-state index contributed by atoms with van der Waals surface area (Å²) in [6, 6.07) is 20.7. The molecule has 0 radical (unpaired) electrons. The fraction of sp³-hybridized carbons (Fsp3) is 0.148. The van der Waals surface area contributed by atoms with E-state index in [2.05, 4.69) is 17.1 Å². The minimum absolute atomic E-state index is 0.225. The molecule has 0 saturated carbocycles. The highest BCUT2D eigenvalue weighted by atomic mass is 32.1. The van der Waals surface area contributed by atoms with Crippen LogP contribution < -0.4 is 0 Å². The number of aromatic nitrogens is 2. The number of carbonyl (C=O) groups is 2. The van der Waals surface area contributed by atoms with Crippen molar-refractivity contribution in [1.82, 2.24) is 9.55 Å². The van der Waals surface area contributed by atoms with Crippen molar-refractivity contribution in [2.24, 2.45) is 0 Å². The zero-order valence-corrected chi connectivity index (χ0v) is 19.2. The van der Waals surface area contributed by atoms with Gasteiger partial charge in [-0.2, -0.15) is 0 Å². The number of aliphatic carboxylic acids is 1. The van der Waals surface area contributed by atoms with E-state index in [9.17, 15) is 19.8 Å². The average Bonchev–Trinajstić information content (AvgIpc) is 3.48. The van der Waals surface area contributed by atoms with Gasteiger partial charge in [0.25, 0.3) is 0 Å². The van der Waals surface area contributed by atoms with Gasteiger partial charge in [0.15, 0.2) is 0 Å². The molecule has 0 bridgehead atoms.